The van der Waals surface area contributed by atoms with Crippen LogP contribution >= 0.6 is 0 Å². The van der Waals surface area contributed by atoms with E-state index in [0.717, 1.165) is 53.2 Å². The lowest BCUT2D eigenvalue weighted by atomic mass is 9.87. The quantitative estimate of drug-likeness (QED) is 0.177. The lowest BCUT2D eigenvalue weighted by molar-refractivity contribution is 0.183. The Morgan fingerprint density at radius 2 is 1.83 bits per heavy atom. The number of hydrogen-bond acceptors (Lipinski definition) is 5. The average molecular weight is 554 g/mol. The van der Waals surface area contributed by atoms with E-state index in [1.54, 1.807) is 6.33 Å². The first-order chi connectivity index (χ1) is 19.7. The van der Waals surface area contributed by atoms with Gasteiger partial charge in [-0.3, -0.25) is 0 Å². The van der Waals surface area contributed by atoms with Crippen LogP contribution in [0.5, 0.6) is 0 Å². The van der Waals surface area contributed by atoms with Gasteiger partial charge in [-0.2, -0.15) is 0 Å². The Balaban J connectivity index is 0.00000111. The Kier molecular flexibility index (Phi) is 11.0. The van der Waals surface area contributed by atoms with E-state index in [1.807, 2.05) is 0 Å². The van der Waals surface area contributed by atoms with Crippen molar-refractivity contribution in [1.82, 2.24) is 29.4 Å². The maximum atomic E-state index is 6.05. The molecule has 2 atom stereocenters. The molecule has 3 aromatic heterocycles. The number of nitrogens with zero attached hydrogens (tertiary/aromatic N) is 5. The number of rotatable bonds is 9. The van der Waals surface area contributed by atoms with Crippen molar-refractivity contribution in [3.8, 4) is 25.7 Å². The van der Waals surface area contributed by atoms with Gasteiger partial charge in [0.1, 0.15) is 23.6 Å². The molecular formula is C34H47N7. The minimum absolute atomic E-state index is 0.150. The van der Waals surface area contributed by atoms with Crippen LogP contribution in [-0.2, 0) is 11.8 Å². The van der Waals surface area contributed by atoms with Gasteiger partial charge in [0.25, 0.3) is 0 Å². The van der Waals surface area contributed by atoms with E-state index in [0.29, 0.717) is 17.9 Å². The van der Waals surface area contributed by atoms with Crippen LogP contribution in [0.25, 0.3) is 22.1 Å². The second-order valence-corrected chi connectivity index (χ2v) is 12.3. The van der Waals surface area contributed by atoms with Crippen molar-refractivity contribution in [3.63, 3.8) is 0 Å². The van der Waals surface area contributed by atoms with E-state index in [-0.39, 0.29) is 5.41 Å². The molecule has 7 nitrogen and oxygen atoms in total. The van der Waals surface area contributed by atoms with Gasteiger partial charge in [-0.25, -0.2) is 15.0 Å². The zero-order chi connectivity index (χ0) is 30.2. The summed E-state index contributed by atoms with van der Waals surface area (Å²) < 4.78 is 2.32. The van der Waals surface area contributed by atoms with Gasteiger partial charge in [-0.05, 0) is 87.6 Å². The van der Waals surface area contributed by atoms with Crippen molar-refractivity contribution in [1.29, 1.82) is 0 Å². The van der Waals surface area contributed by atoms with Crippen molar-refractivity contribution < 1.29 is 0 Å². The third kappa shape index (κ3) is 7.69. The van der Waals surface area contributed by atoms with Gasteiger partial charge < -0.3 is 20.2 Å². The molecule has 0 unspecified atom stereocenters. The molecule has 0 radical (unpaired) electrons. The van der Waals surface area contributed by atoms with Crippen LogP contribution in [-0.4, -0.2) is 48.5 Å². The van der Waals surface area contributed by atoms with Crippen LogP contribution in [0.4, 0.5) is 5.82 Å². The third-order valence-corrected chi connectivity index (χ3v) is 8.18. The lowest BCUT2D eigenvalue weighted by Crippen LogP contribution is -2.35. The van der Waals surface area contributed by atoms with Crippen LogP contribution < -0.4 is 5.73 Å². The van der Waals surface area contributed by atoms with E-state index in [4.69, 9.17) is 10.7 Å². The summed E-state index contributed by atoms with van der Waals surface area (Å²) in [5, 5.41) is 0.967. The Morgan fingerprint density at radius 3 is 2.54 bits per heavy atom. The SMILES string of the molecule is C#C.C#C.CC(C)N(CCCCc1nc2ccc(C(C)(C)C)cc2[nH]1)C[C@@H]1CC[C@H](n2ccc3c(N)ncnc32)C1. The highest BCUT2D eigenvalue weighted by atomic mass is 15.2. The number of aromatic nitrogens is 5. The molecule has 5 rings (SSSR count). The highest BCUT2D eigenvalue weighted by Crippen LogP contribution is 2.37. The molecule has 0 bridgehead atoms. The first kappa shape index (κ1) is 31.7. The molecule has 3 N–H and O–H groups in total. The van der Waals surface area contributed by atoms with Crippen molar-refractivity contribution in [2.24, 2.45) is 5.92 Å². The van der Waals surface area contributed by atoms with E-state index < -0.39 is 0 Å². The number of unbranched alkanes of at least 4 members (excludes halogenated alkanes) is 1. The van der Waals surface area contributed by atoms with Gasteiger partial charge in [-0.1, -0.05) is 26.8 Å². The van der Waals surface area contributed by atoms with Gasteiger partial charge in [0.05, 0.1) is 16.4 Å². The molecule has 218 valence electrons. The Labute approximate surface area is 246 Å². The summed E-state index contributed by atoms with van der Waals surface area (Å²) in [6.45, 7) is 13.7. The number of imidazole rings is 1. The molecule has 0 aliphatic heterocycles. The fourth-order valence-electron chi connectivity index (χ4n) is 5.90. The standard InChI is InChI=1S/C30H43N7.2C2H2/c1-20(2)36(14-7-6-8-27-34-25-12-10-22(30(3,4)5)17-26(25)35-27)18-21-9-11-23(16-21)37-15-13-24-28(31)32-19-33-29(24)37;2*1-2/h10,12-13,15,17,19-21,23H,6-9,11,14,16,18H2,1-5H3,(H,34,35)(H2,31,32,33);2*1-2H/t21-,23+;;/m1../s1. The van der Waals surface area contributed by atoms with E-state index >= 15 is 0 Å². The molecule has 1 saturated carbocycles. The Hall–Kier alpha value is -3.81. The largest absolute Gasteiger partial charge is 0.383 e. The maximum Gasteiger partial charge on any atom is 0.145 e. The zero-order valence-corrected chi connectivity index (χ0v) is 25.5. The number of terminal acetylenes is 2. The molecule has 3 heterocycles. The fraction of sp³-hybridized carbons (Fsp3) is 0.500. The minimum Gasteiger partial charge on any atom is -0.383 e. The van der Waals surface area contributed by atoms with Crippen molar-refractivity contribution in [3.05, 3.63) is 48.2 Å². The molecule has 4 aromatic rings. The molecule has 41 heavy (non-hydrogen) atoms. The summed E-state index contributed by atoms with van der Waals surface area (Å²) in [6, 6.07) is 9.75. The van der Waals surface area contributed by atoms with Crippen molar-refractivity contribution in [2.45, 2.75) is 90.6 Å². The fourth-order valence-corrected chi connectivity index (χ4v) is 5.90. The van der Waals surface area contributed by atoms with Crippen LogP contribution in [0.1, 0.15) is 84.2 Å². The van der Waals surface area contributed by atoms with Crippen LogP contribution in [0.15, 0.2) is 36.8 Å². The maximum absolute atomic E-state index is 6.05. The van der Waals surface area contributed by atoms with Crippen LogP contribution in [0.2, 0.25) is 0 Å². The molecule has 0 saturated heterocycles. The first-order valence-corrected chi connectivity index (χ1v) is 14.7. The molecule has 1 aliphatic rings. The van der Waals surface area contributed by atoms with Crippen molar-refractivity contribution in [2.75, 3.05) is 18.8 Å². The number of hydrogen-bond donors (Lipinski definition) is 2. The van der Waals surface area contributed by atoms with Gasteiger partial charge in [-0.15, -0.1) is 25.7 Å². The second-order valence-electron chi connectivity index (χ2n) is 12.3. The minimum atomic E-state index is 0.150. The predicted molar refractivity (Wildman–Crippen MR) is 173 cm³/mol. The monoisotopic (exact) mass is 553 g/mol. The predicted octanol–water partition coefficient (Wildman–Crippen LogP) is 6.76. The van der Waals surface area contributed by atoms with E-state index in [9.17, 15) is 0 Å². The van der Waals surface area contributed by atoms with Crippen molar-refractivity contribution >= 4 is 27.9 Å². The number of nitrogen functional groups attached to an aromatic ring is 1. The summed E-state index contributed by atoms with van der Waals surface area (Å²) in [5.41, 5.74) is 10.8. The number of nitrogens with two attached hydrogens (primary N) is 1. The zero-order valence-electron chi connectivity index (χ0n) is 25.5. The first-order valence-electron chi connectivity index (χ1n) is 14.7. The number of aromatic amines is 1. The molecule has 0 spiro atoms. The summed E-state index contributed by atoms with van der Waals surface area (Å²) in [7, 11) is 0. The van der Waals surface area contributed by atoms with E-state index in [1.165, 1.54) is 37.8 Å². The van der Waals surface area contributed by atoms with Gasteiger partial charge in [0, 0.05) is 31.2 Å². The molecule has 1 aromatic carbocycles. The summed E-state index contributed by atoms with van der Waals surface area (Å²) in [5.74, 6) is 2.40. The Morgan fingerprint density at radius 1 is 1.07 bits per heavy atom. The topological polar surface area (TPSA) is 88.7 Å². The second kappa shape index (κ2) is 14.2. The van der Waals surface area contributed by atoms with Gasteiger partial charge >= 0.3 is 0 Å². The third-order valence-electron chi connectivity index (χ3n) is 8.18. The molecule has 0 amide bonds. The van der Waals surface area contributed by atoms with Gasteiger partial charge in [0.15, 0.2) is 0 Å². The summed E-state index contributed by atoms with van der Waals surface area (Å²) >= 11 is 0. The number of nitrogens with one attached hydrogen (secondary N) is 1. The van der Waals surface area contributed by atoms with E-state index in [2.05, 4.69) is 115 Å². The number of H-pyrrole nitrogens is 1. The number of fused-ring (bicyclic) bond motifs is 2. The number of anilines is 1. The number of benzene rings is 1. The lowest BCUT2D eigenvalue weighted by Gasteiger charge is -2.29. The number of aryl methyl sites for hydroxylation is 1. The Bertz CT molecular complexity index is 1430. The van der Waals surface area contributed by atoms with Crippen LogP contribution in [0.3, 0.4) is 0 Å². The summed E-state index contributed by atoms with van der Waals surface area (Å²) in [4.78, 5) is 19.7. The molecule has 1 fully saturated rings. The highest BCUT2D eigenvalue weighted by Gasteiger charge is 2.29. The van der Waals surface area contributed by atoms with Gasteiger partial charge in [0.2, 0.25) is 0 Å². The average Bonchev–Trinajstić information content (AvgIpc) is 3.70. The van der Waals surface area contributed by atoms with Crippen LogP contribution in [0, 0.1) is 31.6 Å². The smallest absolute Gasteiger partial charge is 0.145 e. The molecular weight excluding hydrogens is 506 g/mol. The molecule has 1 aliphatic carbocycles. The normalized spacial score (nSPS) is 17.0. The summed E-state index contributed by atoms with van der Waals surface area (Å²) in [6.07, 6.45) is 26.7. The highest BCUT2D eigenvalue weighted by molar-refractivity contribution is 5.86. The molecule has 7 heteroatoms.